The summed E-state index contributed by atoms with van der Waals surface area (Å²) in [6, 6.07) is 13.7. The Balaban J connectivity index is 2.17. The Bertz CT molecular complexity index is 593. The van der Waals surface area contributed by atoms with Crippen molar-refractivity contribution in [2.45, 2.75) is 32.2 Å². The van der Waals surface area contributed by atoms with Crippen LogP contribution in [-0.2, 0) is 6.42 Å². The Labute approximate surface area is 131 Å². The maximum Gasteiger partial charge on any atom is 0.141 e. The first-order valence-electron chi connectivity index (χ1n) is 7.22. The minimum atomic E-state index is -0.372. The predicted molar refractivity (Wildman–Crippen MR) is 87.4 cm³/mol. The highest BCUT2D eigenvalue weighted by molar-refractivity contribution is 6.30. The van der Waals surface area contributed by atoms with E-state index in [2.05, 4.69) is 43.4 Å². The van der Waals surface area contributed by atoms with Crippen molar-refractivity contribution in [2.75, 3.05) is 7.05 Å². The molecule has 1 unspecified atom stereocenters. The molecule has 0 amide bonds. The number of halogens is 2. The van der Waals surface area contributed by atoms with Gasteiger partial charge < -0.3 is 5.32 Å². The molecule has 3 heteroatoms. The van der Waals surface area contributed by atoms with Crippen LogP contribution in [0.2, 0.25) is 5.02 Å². The van der Waals surface area contributed by atoms with Crippen LogP contribution >= 0.6 is 11.6 Å². The number of hydrogen-bond donors (Lipinski definition) is 1. The predicted octanol–water partition coefficient (Wildman–Crippen LogP) is 5.11. The molecular formula is C18H21ClFN. The lowest BCUT2D eigenvalue weighted by molar-refractivity contribution is 0.588. The molecule has 1 N–H and O–H groups in total. The highest BCUT2D eigenvalue weighted by Crippen LogP contribution is 2.23. The zero-order valence-corrected chi connectivity index (χ0v) is 13.4. The summed E-state index contributed by atoms with van der Waals surface area (Å²) >= 11 is 5.85. The maximum absolute atomic E-state index is 13.2. The summed E-state index contributed by atoms with van der Waals surface area (Å²) in [6.07, 6.45) is 0.775. The number of hydrogen-bond acceptors (Lipinski definition) is 1. The minimum Gasteiger partial charge on any atom is -0.313 e. The fraction of sp³-hybridized carbons (Fsp3) is 0.333. The second kappa shape index (κ2) is 7.06. The van der Waals surface area contributed by atoms with Crippen LogP contribution in [0.5, 0.6) is 0 Å². The standard InChI is InChI=1S/C18H21ClFN/c1-12(2)14-5-7-15(8-6-14)18(21-3)11-13-4-9-17(20)16(19)10-13/h4-10,12,18,21H,11H2,1-3H3. The van der Waals surface area contributed by atoms with Crippen LogP contribution in [0.3, 0.4) is 0 Å². The van der Waals surface area contributed by atoms with Crippen LogP contribution in [0.4, 0.5) is 4.39 Å². The molecule has 21 heavy (non-hydrogen) atoms. The molecule has 0 spiro atoms. The zero-order valence-electron chi connectivity index (χ0n) is 12.7. The highest BCUT2D eigenvalue weighted by Gasteiger charge is 2.12. The number of likely N-dealkylation sites (N-methyl/N-ethyl adjacent to an activating group) is 1. The fourth-order valence-electron chi connectivity index (χ4n) is 2.40. The monoisotopic (exact) mass is 305 g/mol. The van der Waals surface area contributed by atoms with Gasteiger partial charge in [0.25, 0.3) is 0 Å². The number of nitrogens with one attached hydrogen (secondary N) is 1. The minimum absolute atomic E-state index is 0.178. The van der Waals surface area contributed by atoms with Crippen LogP contribution in [0.15, 0.2) is 42.5 Å². The summed E-state index contributed by atoms with van der Waals surface area (Å²) in [5.41, 5.74) is 3.58. The van der Waals surface area contributed by atoms with Crippen molar-refractivity contribution in [1.82, 2.24) is 5.32 Å². The summed E-state index contributed by atoms with van der Waals surface area (Å²) in [5, 5.41) is 3.49. The molecule has 0 saturated carbocycles. The molecule has 0 aliphatic heterocycles. The summed E-state index contributed by atoms with van der Waals surface area (Å²) in [6.45, 7) is 4.37. The average Bonchev–Trinajstić information content (AvgIpc) is 2.48. The Morgan fingerprint density at radius 2 is 1.67 bits per heavy atom. The van der Waals surface area contributed by atoms with Gasteiger partial charge in [-0.25, -0.2) is 4.39 Å². The van der Waals surface area contributed by atoms with E-state index in [1.165, 1.54) is 17.2 Å². The van der Waals surface area contributed by atoms with Gasteiger partial charge >= 0.3 is 0 Å². The van der Waals surface area contributed by atoms with Crippen molar-refractivity contribution in [1.29, 1.82) is 0 Å². The summed E-state index contributed by atoms with van der Waals surface area (Å²) in [5.74, 6) is 0.158. The van der Waals surface area contributed by atoms with Crippen molar-refractivity contribution < 1.29 is 4.39 Å². The number of benzene rings is 2. The molecule has 0 aliphatic carbocycles. The summed E-state index contributed by atoms with van der Waals surface area (Å²) in [4.78, 5) is 0. The molecule has 2 rings (SSSR count). The van der Waals surface area contributed by atoms with Crippen molar-refractivity contribution in [3.63, 3.8) is 0 Å². The molecule has 1 nitrogen and oxygen atoms in total. The van der Waals surface area contributed by atoms with Gasteiger partial charge in [-0.2, -0.15) is 0 Å². The van der Waals surface area contributed by atoms with Gasteiger partial charge in [0.05, 0.1) is 5.02 Å². The average molecular weight is 306 g/mol. The second-order valence-electron chi connectivity index (χ2n) is 5.62. The van der Waals surface area contributed by atoms with Crippen LogP contribution in [0.1, 0.15) is 42.5 Å². The van der Waals surface area contributed by atoms with Crippen LogP contribution < -0.4 is 5.32 Å². The van der Waals surface area contributed by atoms with Gasteiger partial charge in [0.2, 0.25) is 0 Å². The van der Waals surface area contributed by atoms with E-state index in [1.807, 2.05) is 7.05 Å². The SMILES string of the molecule is CNC(Cc1ccc(F)c(Cl)c1)c1ccc(C(C)C)cc1. The molecule has 0 heterocycles. The van der Waals surface area contributed by atoms with Gasteiger partial charge in [0, 0.05) is 6.04 Å². The lowest BCUT2D eigenvalue weighted by Crippen LogP contribution is -2.18. The van der Waals surface area contributed by atoms with Gasteiger partial charge in [-0.3, -0.25) is 0 Å². The topological polar surface area (TPSA) is 12.0 Å². The van der Waals surface area contributed by atoms with E-state index in [0.717, 1.165) is 12.0 Å². The molecule has 0 saturated heterocycles. The highest BCUT2D eigenvalue weighted by atomic mass is 35.5. The molecular weight excluding hydrogens is 285 g/mol. The molecule has 0 bridgehead atoms. The van der Waals surface area contributed by atoms with E-state index in [0.29, 0.717) is 5.92 Å². The number of rotatable bonds is 5. The largest absolute Gasteiger partial charge is 0.313 e. The molecule has 0 aromatic heterocycles. The van der Waals surface area contributed by atoms with E-state index < -0.39 is 0 Å². The van der Waals surface area contributed by atoms with Crippen LogP contribution in [0.25, 0.3) is 0 Å². The third kappa shape index (κ3) is 4.05. The van der Waals surface area contributed by atoms with Gasteiger partial charge in [0.1, 0.15) is 5.82 Å². The van der Waals surface area contributed by atoms with Gasteiger partial charge in [-0.05, 0) is 48.2 Å². The fourth-order valence-corrected chi connectivity index (χ4v) is 2.61. The maximum atomic E-state index is 13.2. The van der Waals surface area contributed by atoms with E-state index in [9.17, 15) is 4.39 Å². The van der Waals surface area contributed by atoms with Crippen molar-refractivity contribution in [2.24, 2.45) is 0 Å². The third-order valence-electron chi connectivity index (χ3n) is 3.78. The third-order valence-corrected chi connectivity index (χ3v) is 4.07. The normalized spacial score (nSPS) is 12.7. The molecule has 112 valence electrons. The van der Waals surface area contributed by atoms with E-state index >= 15 is 0 Å². The Morgan fingerprint density at radius 1 is 1.05 bits per heavy atom. The molecule has 1 atom stereocenters. The van der Waals surface area contributed by atoms with E-state index in [-0.39, 0.29) is 16.9 Å². The first-order chi connectivity index (χ1) is 10.0. The van der Waals surface area contributed by atoms with Crippen molar-refractivity contribution in [3.8, 4) is 0 Å². The molecule has 0 radical (unpaired) electrons. The van der Waals surface area contributed by atoms with Crippen molar-refractivity contribution in [3.05, 3.63) is 70.0 Å². The quantitative estimate of drug-likeness (QED) is 0.810. The first kappa shape index (κ1) is 16.0. The Kier molecular flexibility index (Phi) is 5.38. The molecule has 2 aromatic rings. The second-order valence-corrected chi connectivity index (χ2v) is 6.02. The lowest BCUT2D eigenvalue weighted by atomic mass is 9.95. The smallest absolute Gasteiger partial charge is 0.141 e. The van der Waals surface area contributed by atoms with Gasteiger partial charge in [-0.15, -0.1) is 0 Å². The van der Waals surface area contributed by atoms with Gasteiger partial charge in [0.15, 0.2) is 0 Å². The van der Waals surface area contributed by atoms with Gasteiger partial charge in [-0.1, -0.05) is 55.8 Å². The van der Waals surface area contributed by atoms with E-state index in [4.69, 9.17) is 11.6 Å². The summed E-state index contributed by atoms with van der Waals surface area (Å²) in [7, 11) is 1.94. The molecule has 0 aliphatic rings. The molecule has 0 fully saturated rings. The van der Waals surface area contributed by atoms with Crippen molar-refractivity contribution >= 4 is 11.6 Å². The van der Waals surface area contributed by atoms with Crippen LogP contribution in [-0.4, -0.2) is 7.05 Å². The molecule has 2 aromatic carbocycles. The summed E-state index contributed by atoms with van der Waals surface area (Å²) < 4.78 is 13.2. The lowest BCUT2D eigenvalue weighted by Gasteiger charge is -2.18. The first-order valence-corrected chi connectivity index (χ1v) is 7.60. The zero-order chi connectivity index (χ0) is 15.4. The Hall–Kier alpha value is -1.38. The Morgan fingerprint density at radius 3 is 2.19 bits per heavy atom. The van der Waals surface area contributed by atoms with E-state index in [1.54, 1.807) is 12.1 Å². The van der Waals surface area contributed by atoms with Crippen LogP contribution in [0, 0.1) is 5.82 Å².